The van der Waals surface area contributed by atoms with E-state index in [9.17, 15) is 4.79 Å². The highest BCUT2D eigenvalue weighted by Crippen LogP contribution is 2.35. The van der Waals surface area contributed by atoms with Crippen molar-refractivity contribution >= 4 is 44.9 Å². The molecule has 0 saturated heterocycles. The van der Waals surface area contributed by atoms with E-state index in [1.807, 2.05) is 25.1 Å². The molecule has 0 aliphatic carbocycles. The number of rotatable bonds is 6. The number of nitrogens with zero attached hydrogens (tertiary/aromatic N) is 3. The predicted molar refractivity (Wildman–Crippen MR) is 141 cm³/mol. The molecule has 6 rings (SSSR count). The molecule has 0 fully saturated rings. The number of carbonyl (C=O) groups excluding carboxylic acids is 1. The van der Waals surface area contributed by atoms with E-state index in [4.69, 9.17) is 4.98 Å². The highest BCUT2D eigenvalue weighted by Gasteiger charge is 2.16. The van der Waals surface area contributed by atoms with Crippen LogP contribution in [0.25, 0.3) is 55.0 Å². The molecule has 0 saturated carbocycles. The number of carbonyl (C=O) groups is 1. The number of nitrogens with one attached hydrogen (secondary N) is 3. The van der Waals surface area contributed by atoms with Crippen molar-refractivity contribution in [3.63, 3.8) is 0 Å². The van der Waals surface area contributed by atoms with Crippen LogP contribution in [0.4, 0.5) is 5.69 Å². The monoisotopic (exact) mass is 478 g/mol. The van der Waals surface area contributed by atoms with Crippen molar-refractivity contribution in [1.82, 2.24) is 25.1 Å². The molecule has 7 nitrogen and oxygen atoms in total. The van der Waals surface area contributed by atoms with Gasteiger partial charge in [0, 0.05) is 39.5 Å². The number of fused-ring (bicyclic) bond motifs is 2. The maximum atomic E-state index is 12.0. The van der Waals surface area contributed by atoms with Crippen LogP contribution in [0, 0.1) is 0 Å². The second kappa shape index (κ2) is 8.81. The van der Waals surface area contributed by atoms with E-state index in [2.05, 4.69) is 67.3 Å². The molecule has 8 heteroatoms. The number of benzene rings is 1. The summed E-state index contributed by atoms with van der Waals surface area (Å²) in [4.78, 5) is 26.0. The number of hydrogen-bond donors (Lipinski definition) is 3. The van der Waals surface area contributed by atoms with E-state index in [1.54, 1.807) is 23.7 Å². The zero-order chi connectivity index (χ0) is 23.8. The van der Waals surface area contributed by atoms with Crippen molar-refractivity contribution in [1.29, 1.82) is 0 Å². The highest BCUT2D eigenvalue weighted by molar-refractivity contribution is 7.13. The molecule has 5 heterocycles. The minimum Gasteiger partial charge on any atom is -0.353 e. The predicted octanol–water partition coefficient (Wildman–Crippen LogP) is 6.64. The first-order valence-corrected chi connectivity index (χ1v) is 12.3. The summed E-state index contributed by atoms with van der Waals surface area (Å²) in [6, 6.07) is 18.4. The average Bonchev–Trinajstić information content (AvgIpc) is 3.63. The molecule has 0 bridgehead atoms. The molecule has 0 aliphatic rings. The molecule has 0 unspecified atom stereocenters. The maximum absolute atomic E-state index is 12.0. The number of aromatic nitrogens is 5. The molecule has 3 N–H and O–H groups in total. The lowest BCUT2D eigenvalue weighted by Crippen LogP contribution is -2.10. The molecule has 35 heavy (non-hydrogen) atoms. The minimum absolute atomic E-state index is 0.0206. The van der Waals surface area contributed by atoms with Crippen LogP contribution in [-0.2, 0) is 4.79 Å². The lowest BCUT2D eigenvalue weighted by molar-refractivity contribution is -0.116. The number of aromatic amines is 2. The molecular formula is C27H22N6OS. The van der Waals surface area contributed by atoms with Crippen LogP contribution in [0.5, 0.6) is 0 Å². The van der Waals surface area contributed by atoms with Gasteiger partial charge in [-0.2, -0.15) is 5.10 Å². The SMILES string of the molecule is CCCC(=O)Nc1cncc(-c2ccc3[nH]nc(-c4cc5c(-c6cccs6)cccc5[nH]4)c3n2)c1. The van der Waals surface area contributed by atoms with Crippen LogP contribution in [0.2, 0.25) is 0 Å². The quantitative estimate of drug-likeness (QED) is 0.250. The largest absolute Gasteiger partial charge is 0.353 e. The Morgan fingerprint density at radius 2 is 2.00 bits per heavy atom. The zero-order valence-electron chi connectivity index (χ0n) is 19.0. The van der Waals surface area contributed by atoms with Gasteiger partial charge in [0.2, 0.25) is 5.91 Å². The lowest BCUT2D eigenvalue weighted by Gasteiger charge is -2.06. The van der Waals surface area contributed by atoms with Crippen molar-refractivity contribution in [3.05, 3.63) is 72.4 Å². The summed E-state index contributed by atoms with van der Waals surface area (Å²) in [5.74, 6) is -0.0206. The minimum atomic E-state index is -0.0206. The van der Waals surface area contributed by atoms with Crippen molar-refractivity contribution in [2.45, 2.75) is 19.8 Å². The van der Waals surface area contributed by atoms with Gasteiger partial charge in [-0.15, -0.1) is 11.3 Å². The highest BCUT2D eigenvalue weighted by atomic mass is 32.1. The van der Waals surface area contributed by atoms with E-state index in [-0.39, 0.29) is 5.91 Å². The van der Waals surface area contributed by atoms with Crippen molar-refractivity contribution in [2.24, 2.45) is 0 Å². The Kier molecular flexibility index (Phi) is 5.35. The molecule has 1 aromatic carbocycles. The first-order chi connectivity index (χ1) is 17.2. The van der Waals surface area contributed by atoms with Crippen LogP contribution >= 0.6 is 11.3 Å². The van der Waals surface area contributed by atoms with Crippen molar-refractivity contribution < 1.29 is 4.79 Å². The van der Waals surface area contributed by atoms with E-state index in [1.165, 1.54) is 10.4 Å². The number of thiophene rings is 1. The Hall–Kier alpha value is -4.30. The number of pyridine rings is 2. The molecule has 1 amide bonds. The normalized spacial score (nSPS) is 11.3. The molecule has 0 atom stereocenters. The van der Waals surface area contributed by atoms with Gasteiger partial charge in [0.05, 0.1) is 28.8 Å². The molecule has 0 spiro atoms. The summed E-state index contributed by atoms with van der Waals surface area (Å²) in [5.41, 5.74) is 7.77. The molecule has 6 aromatic rings. The number of amides is 1. The van der Waals surface area contributed by atoms with Gasteiger partial charge in [-0.05, 0) is 48.2 Å². The second-order valence-corrected chi connectivity index (χ2v) is 9.30. The summed E-state index contributed by atoms with van der Waals surface area (Å²) in [6.07, 6.45) is 4.67. The van der Waals surface area contributed by atoms with Crippen LogP contribution in [0.1, 0.15) is 19.8 Å². The summed E-state index contributed by atoms with van der Waals surface area (Å²) in [7, 11) is 0. The second-order valence-electron chi connectivity index (χ2n) is 8.35. The summed E-state index contributed by atoms with van der Waals surface area (Å²) >= 11 is 1.73. The van der Waals surface area contributed by atoms with Gasteiger partial charge in [-0.1, -0.05) is 25.1 Å². The van der Waals surface area contributed by atoms with E-state index in [0.717, 1.165) is 51.0 Å². The fraction of sp³-hybridized carbons (Fsp3) is 0.111. The number of hydrogen-bond acceptors (Lipinski definition) is 5. The zero-order valence-corrected chi connectivity index (χ0v) is 19.8. The smallest absolute Gasteiger partial charge is 0.224 e. The van der Waals surface area contributed by atoms with Gasteiger partial charge < -0.3 is 10.3 Å². The topological polar surface area (TPSA) is 99.4 Å². The van der Waals surface area contributed by atoms with Gasteiger partial charge in [0.15, 0.2) is 0 Å². The average molecular weight is 479 g/mol. The van der Waals surface area contributed by atoms with E-state index >= 15 is 0 Å². The summed E-state index contributed by atoms with van der Waals surface area (Å²) in [6.45, 7) is 1.98. The van der Waals surface area contributed by atoms with Crippen LogP contribution in [0.15, 0.2) is 72.4 Å². The Labute approximate surface area is 205 Å². The van der Waals surface area contributed by atoms with Crippen molar-refractivity contribution in [2.75, 3.05) is 5.32 Å². The lowest BCUT2D eigenvalue weighted by atomic mass is 10.1. The Morgan fingerprint density at radius 1 is 1.06 bits per heavy atom. The third-order valence-electron chi connectivity index (χ3n) is 5.91. The molecular weight excluding hydrogens is 456 g/mol. The van der Waals surface area contributed by atoms with Gasteiger partial charge in [-0.3, -0.25) is 14.9 Å². The molecule has 5 aromatic heterocycles. The molecule has 0 aliphatic heterocycles. The first kappa shape index (κ1) is 21.2. The number of anilines is 1. The first-order valence-electron chi connectivity index (χ1n) is 11.5. The Bertz CT molecular complexity index is 1660. The van der Waals surface area contributed by atoms with Crippen LogP contribution in [-0.4, -0.2) is 31.1 Å². The van der Waals surface area contributed by atoms with Crippen molar-refractivity contribution in [3.8, 4) is 33.1 Å². The third-order valence-corrected chi connectivity index (χ3v) is 6.81. The van der Waals surface area contributed by atoms with Gasteiger partial charge >= 0.3 is 0 Å². The summed E-state index contributed by atoms with van der Waals surface area (Å²) in [5, 5.41) is 13.8. The van der Waals surface area contributed by atoms with Gasteiger partial charge in [-0.25, -0.2) is 4.98 Å². The molecule has 172 valence electrons. The number of H-pyrrole nitrogens is 2. The standard InChI is InChI=1S/C27H22N6OS/c1-2-5-25(34)29-17-12-16(14-28-15-17)20-9-10-22-26(31-20)27(33-32-22)23-13-19-18(24-8-4-11-35-24)6-3-7-21(19)30-23/h3-4,6-15,30H,2,5H2,1H3,(H,29,34)(H,32,33). The van der Waals surface area contributed by atoms with E-state index in [0.29, 0.717) is 12.1 Å². The fourth-order valence-electron chi connectivity index (χ4n) is 4.28. The van der Waals surface area contributed by atoms with Gasteiger partial charge in [0.25, 0.3) is 0 Å². The fourth-order valence-corrected chi connectivity index (χ4v) is 5.04. The summed E-state index contributed by atoms with van der Waals surface area (Å²) < 4.78 is 0. The van der Waals surface area contributed by atoms with Gasteiger partial charge in [0.1, 0.15) is 11.2 Å². The van der Waals surface area contributed by atoms with E-state index < -0.39 is 0 Å². The third kappa shape index (κ3) is 3.98. The van der Waals surface area contributed by atoms with Crippen LogP contribution < -0.4 is 5.32 Å². The molecule has 0 radical (unpaired) electrons. The Morgan fingerprint density at radius 3 is 2.86 bits per heavy atom. The Balaban J connectivity index is 1.40. The maximum Gasteiger partial charge on any atom is 0.224 e. The van der Waals surface area contributed by atoms with Crippen LogP contribution in [0.3, 0.4) is 0 Å².